The molecule has 0 aromatic carbocycles. The summed E-state index contributed by atoms with van der Waals surface area (Å²) in [6, 6.07) is 0.179. The predicted molar refractivity (Wildman–Crippen MR) is 75.3 cm³/mol. The monoisotopic (exact) mass is 264 g/mol. The highest BCUT2D eigenvalue weighted by atomic mass is 16.2. The maximum atomic E-state index is 11.8. The van der Waals surface area contributed by atoms with Gasteiger partial charge in [0.15, 0.2) is 0 Å². The summed E-state index contributed by atoms with van der Waals surface area (Å²) in [5.74, 6) is 2.66. The van der Waals surface area contributed by atoms with E-state index in [2.05, 4.69) is 19.8 Å². The molecule has 0 spiro atoms. The van der Waals surface area contributed by atoms with Crippen molar-refractivity contribution in [2.75, 3.05) is 19.6 Å². The van der Waals surface area contributed by atoms with E-state index in [0.717, 1.165) is 32.4 Å². The van der Waals surface area contributed by atoms with Gasteiger partial charge in [0.05, 0.1) is 0 Å². The van der Waals surface area contributed by atoms with E-state index in [1.165, 1.54) is 0 Å². The molecule has 1 aliphatic heterocycles. The molecule has 0 unspecified atom stereocenters. The Morgan fingerprint density at radius 2 is 1.95 bits per heavy atom. The summed E-state index contributed by atoms with van der Waals surface area (Å²) in [6.07, 6.45) is 7.86. The summed E-state index contributed by atoms with van der Waals surface area (Å²) in [5, 5.41) is 0. The van der Waals surface area contributed by atoms with E-state index in [9.17, 15) is 9.59 Å². The van der Waals surface area contributed by atoms with Gasteiger partial charge in [-0.1, -0.05) is 13.8 Å². The van der Waals surface area contributed by atoms with Crippen molar-refractivity contribution in [2.24, 2.45) is 5.92 Å². The Morgan fingerprint density at radius 1 is 1.37 bits per heavy atom. The number of rotatable bonds is 4. The van der Waals surface area contributed by atoms with Crippen LogP contribution in [0.4, 0.5) is 0 Å². The normalized spacial score (nSPS) is 16.3. The minimum absolute atomic E-state index is 0.107. The van der Waals surface area contributed by atoms with Crippen LogP contribution in [0.5, 0.6) is 0 Å². The third kappa shape index (κ3) is 4.59. The van der Waals surface area contributed by atoms with Crippen molar-refractivity contribution in [2.45, 2.75) is 46.1 Å². The molecular formula is C15H24N2O2. The second-order valence-corrected chi connectivity index (χ2v) is 5.56. The predicted octanol–water partition coefficient (Wildman–Crippen LogP) is 1.51. The van der Waals surface area contributed by atoms with Crippen molar-refractivity contribution >= 4 is 11.8 Å². The smallest absolute Gasteiger partial charge is 0.298 e. The number of carbonyl (C=O) groups excluding carboxylic acids is 2. The molecule has 0 aromatic rings. The average Bonchev–Trinajstić information content (AvgIpc) is 2.38. The van der Waals surface area contributed by atoms with Crippen molar-refractivity contribution in [3.63, 3.8) is 0 Å². The molecule has 0 bridgehead atoms. The van der Waals surface area contributed by atoms with Crippen molar-refractivity contribution < 1.29 is 9.59 Å². The summed E-state index contributed by atoms with van der Waals surface area (Å²) in [4.78, 5) is 26.8. The molecule has 2 amide bonds. The van der Waals surface area contributed by atoms with Gasteiger partial charge < -0.3 is 9.80 Å². The van der Waals surface area contributed by atoms with Gasteiger partial charge in [-0.25, -0.2) is 0 Å². The molecule has 0 radical (unpaired) electrons. The lowest BCUT2D eigenvalue weighted by Crippen LogP contribution is -2.48. The number of hydrogen-bond acceptors (Lipinski definition) is 2. The van der Waals surface area contributed by atoms with Gasteiger partial charge in [-0.2, -0.15) is 0 Å². The first kappa shape index (κ1) is 15.6. The number of nitrogens with zero attached hydrogens (tertiary/aromatic N) is 2. The highest BCUT2D eigenvalue weighted by molar-refractivity contribution is 5.93. The first-order chi connectivity index (χ1) is 8.95. The van der Waals surface area contributed by atoms with Gasteiger partial charge in [0, 0.05) is 32.6 Å². The molecule has 1 fully saturated rings. The first-order valence-electron chi connectivity index (χ1n) is 6.98. The highest BCUT2D eigenvalue weighted by Crippen LogP contribution is 2.18. The van der Waals surface area contributed by atoms with Crippen LogP contribution in [0.15, 0.2) is 0 Å². The fourth-order valence-electron chi connectivity index (χ4n) is 2.42. The second-order valence-electron chi connectivity index (χ2n) is 5.56. The number of hydrogen-bond donors (Lipinski definition) is 0. The van der Waals surface area contributed by atoms with Gasteiger partial charge in [-0.15, -0.1) is 6.42 Å². The molecule has 1 rings (SSSR count). The molecule has 0 atom stereocenters. The maximum absolute atomic E-state index is 11.8. The van der Waals surface area contributed by atoms with Crippen LogP contribution >= 0.6 is 0 Å². The molecule has 0 N–H and O–H groups in total. The van der Waals surface area contributed by atoms with Crippen LogP contribution in [0, 0.1) is 18.3 Å². The molecule has 0 aliphatic carbocycles. The van der Waals surface area contributed by atoms with E-state index in [1.54, 1.807) is 6.92 Å². The van der Waals surface area contributed by atoms with Crippen molar-refractivity contribution in [3.8, 4) is 12.3 Å². The van der Waals surface area contributed by atoms with E-state index >= 15 is 0 Å². The Hall–Kier alpha value is -1.50. The molecule has 1 heterocycles. The van der Waals surface area contributed by atoms with Crippen LogP contribution in [0.1, 0.15) is 40.0 Å². The topological polar surface area (TPSA) is 40.6 Å². The fourth-order valence-corrected chi connectivity index (χ4v) is 2.42. The maximum Gasteiger partial charge on any atom is 0.298 e. The van der Waals surface area contributed by atoms with Crippen LogP contribution in [0.2, 0.25) is 0 Å². The third-order valence-electron chi connectivity index (χ3n) is 3.68. The summed E-state index contributed by atoms with van der Waals surface area (Å²) >= 11 is 0. The lowest BCUT2D eigenvalue weighted by atomic mass is 10.0. The number of likely N-dealkylation sites (tertiary alicyclic amines) is 1. The summed E-state index contributed by atoms with van der Waals surface area (Å²) in [6.45, 7) is 8.01. The largest absolute Gasteiger partial charge is 0.343 e. The molecule has 4 nitrogen and oxygen atoms in total. The van der Waals surface area contributed by atoms with Gasteiger partial charge in [0.2, 0.25) is 5.91 Å². The van der Waals surface area contributed by atoms with Crippen LogP contribution in [0.25, 0.3) is 0 Å². The van der Waals surface area contributed by atoms with Crippen LogP contribution in [-0.4, -0.2) is 47.3 Å². The van der Waals surface area contributed by atoms with Gasteiger partial charge in [0.1, 0.15) is 0 Å². The number of piperidine rings is 1. The highest BCUT2D eigenvalue weighted by Gasteiger charge is 2.27. The molecule has 4 heteroatoms. The SMILES string of the molecule is C#CC(=O)N(CCC(C)C)C1CCN(C(C)=O)CC1. The first-order valence-corrected chi connectivity index (χ1v) is 6.98. The minimum atomic E-state index is -0.220. The Labute approximate surface area is 116 Å². The molecule has 19 heavy (non-hydrogen) atoms. The standard InChI is InChI=1S/C15H24N2O2/c1-5-15(19)17(11-6-12(2)3)14-7-9-16(10-8-14)13(4)18/h1,12,14H,6-11H2,2-4H3. The zero-order valence-electron chi connectivity index (χ0n) is 12.2. The fraction of sp³-hybridized carbons (Fsp3) is 0.733. The van der Waals surface area contributed by atoms with Crippen molar-refractivity contribution in [1.29, 1.82) is 0 Å². The van der Waals surface area contributed by atoms with E-state index in [-0.39, 0.29) is 17.9 Å². The van der Waals surface area contributed by atoms with E-state index in [0.29, 0.717) is 12.5 Å². The van der Waals surface area contributed by atoms with Crippen molar-refractivity contribution in [3.05, 3.63) is 0 Å². The van der Waals surface area contributed by atoms with Crippen LogP contribution in [-0.2, 0) is 9.59 Å². The van der Waals surface area contributed by atoms with E-state index < -0.39 is 0 Å². The number of terminal acetylenes is 1. The quantitative estimate of drug-likeness (QED) is 0.722. The lowest BCUT2D eigenvalue weighted by Gasteiger charge is -2.37. The summed E-state index contributed by atoms with van der Waals surface area (Å²) in [5.41, 5.74) is 0. The second kappa shape index (κ2) is 7.18. The average molecular weight is 264 g/mol. The Balaban J connectivity index is 2.60. The van der Waals surface area contributed by atoms with Gasteiger partial charge in [-0.05, 0) is 31.1 Å². The Morgan fingerprint density at radius 3 is 2.37 bits per heavy atom. The van der Waals surface area contributed by atoms with Gasteiger partial charge in [0.25, 0.3) is 5.91 Å². The Kier molecular flexibility index (Phi) is 5.88. The summed E-state index contributed by atoms with van der Waals surface area (Å²) < 4.78 is 0. The zero-order valence-corrected chi connectivity index (χ0v) is 12.2. The van der Waals surface area contributed by atoms with Crippen molar-refractivity contribution in [1.82, 2.24) is 9.80 Å². The molecule has 1 aliphatic rings. The molecule has 1 saturated heterocycles. The van der Waals surface area contributed by atoms with Gasteiger partial charge >= 0.3 is 0 Å². The Bertz CT molecular complexity index is 363. The van der Waals surface area contributed by atoms with Gasteiger partial charge in [-0.3, -0.25) is 9.59 Å². The lowest BCUT2D eigenvalue weighted by molar-refractivity contribution is -0.132. The zero-order chi connectivity index (χ0) is 14.4. The minimum Gasteiger partial charge on any atom is -0.343 e. The van der Waals surface area contributed by atoms with Crippen LogP contribution in [0.3, 0.4) is 0 Å². The summed E-state index contributed by atoms with van der Waals surface area (Å²) in [7, 11) is 0. The number of carbonyl (C=O) groups is 2. The molecule has 106 valence electrons. The molecule has 0 aromatic heterocycles. The van der Waals surface area contributed by atoms with E-state index in [1.807, 2.05) is 9.80 Å². The van der Waals surface area contributed by atoms with E-state index in [4.69, 9.17) is 6.42 Å². The molecular weight excluding hydrogens is 240 g/mol. The third-order valence-corrected chi connectivity index (χ3v) is 3.68. The van der Waals surface area contributed by atoms with Crippen LogP contribution < -0.4 is 0 Å². The number of amides is 2. The molecule has 0 saturated carbocycles.